The highest BCUT2D eigenvalue weighted by Crippen LogP contribution is 2.11. The van der Waals surface area contributed by atoms with E-state index >= 15 is 0 Å². The molecule has 2 N–H and O–H groups in total. The van der Waals surface area contributed by atoms with Crippen molar-refractivity contribution in [2.24, 2.45) is 12.5 Å². The molecule has 1 aromatic heterocycles. The number of carbonyl (C=O) groups is 1. The average Bonchev–Trinajstić information content (AvgIpc) is 2.54. The minimum Gasteiger partial charge on any atom is -0.396 e. The molecule has 90 valence electrons. The van der Waals surface area contributed by atoms with E-state index in [0.29, 0.717) is 12.2 Å². The lowest BCUT2D eigenvalue weighted by Gasteiger charge is -2.21. The normalized spacial score (nSPS) is 11.6. The first-order valence-corrected chi connectivity index (χ1v) is 5.25. The third-order valence-corrected chi connectivity index (χ3v) is 2.39. The number of hydrogen-bond acceptors (Lipinski definition) is 3. The minimum absolute atomic E-state index is 0.0394. The number of nitrogens with zero attached hydrogens (tertiary/aromatic N) is 2. The van der Waals surface area contributed by atoms with Crippen LogP contribution >= 0.6 is 0 Å². The summed E-state index contributed by atoms with van der Waals surface area (Å²) in [5, 5.41) is 16.0. The van der Waals surface area contributed by atoms with Gasteiger partial charge in [-0.2, -0.15) is 5.10 Å². The smallest absolute Gasteiger partial charge is 0.269 e. The molecular weight excluding hydrogens is 206 g/mol. The molecule has 5 nitrogen and oxygen atoms in total. The molecule has 0 atom stereocenters. The van der Waals surface area contributed by atoms with Crippen molar-refractivity contribution in [2.75, 3.05) is 13.2 Å². The summed E-state index contributed by atoms with van der Waals surface area (Å²) in [6, 6.07) is 1.74. The zero-order valence-corrected chi connectivity index (χ0v) is 10.2. The van der Waals surface area contributed by atoms with Crippen LogP contribution in [-0.4, -0.2) is 33.9 Å². The Bertz CT molecular complexity index is 383. The zero-order valence-electron chi connectivity index (χ0n) is 10.2. The number of aliphatic hydroxyl groups is 1. The Morgan fingerprint density at radius 2 is 2.25 bits per heavy atom. The van der Waals surface area contributed by atoms with Crippen LogP contribution in [0.15, 0.2) is 6.07 Å². The van der Waals surface area contributed by atoms with Gasteiger partial charge in [-0.3, -0.25) is 9.48 Å². The molecule has 0 bridgehead atoms. The minimum atomic E-state index is -0.302. The molecule has 0 spiro atoms. The first-order valence-electron chi connectivity index (χ1n) is 5.25. The maximum atomic E-state index is 11.8. The van der Waals surface area contributed by atoms with E-state index in [1.807, 2.05) is 20.8 Å². The predicted octanol–water partition coefficient (Wildman–Crippen LogP) is 0.477. The molecule has 1 aromatic rings. The van der Waals surface area contributed by atoms with Crippen LogP contribution in [-0.2, 0) is 7.05 Å². The van der Waals surface area contributed by atoms with Crippen molar-refractivity contribution in [1.82, 2.24) is 15.1 Å². The highest BCUT2D eigenvalue weighted by Gasteiger charge is 2.19. The summed E-state index contributed by atoms with van der Waals surface area (Å²) in [7, 11) is 1.74. The van der Waals surface area contributed by atoms with E-state index in [2.05, 4.69) is 10.4 Å². The summed E-state index contributed by atoms with van der Waals surface area (Å²) in [4.78, 5) is 11.8. The summed E-state index contributed by atoms with van der Waals surface area (Å²) >= 11 is 0. The molecule has 1 heterocycles. The molecule has 0 aliphatic rings. The van der Waals surface area contributed by atoms with Gasteiger partial charge in [0.1, 0.15) is 5.69 Å². The number of aliphatic hydroxyl groups excluding tert-OH is 1. The molecule has 0 radical (unpaired) electrons. The Hall–Kier alpha value is -1.36. The summed E-state index contributed by atoms with van der Waals surface area (Å²) in [5.41, 5.74) is 1.05. The largest absolute Gasteiger partial charge is 0.396 e. The van der Waals surface area contributed by atoms with Gasteiger partial charge in [-0.1, -0.05) is 13.8 Å². The van der Waals surface area contributed by atoms with Crippen LogP contribution in [0.1, 0.15) is 30.0 Å². The fourth-order valence-electron chi connectivity index (χ4n) is 1.29. The second-order valence-corrected chi connectivity index (χ2v) is 4.80. The van der Waals surface area contributed by atoms with Crippen LogP contribution in [0, 0.1) is 12.3 Å². The van der Waals surface area contributed by atoms with Crippen molar-refractivity contribution in [3.63, 3.8) is 0 Å². The quantitative estimate of drug-likeness (QED) is 0.783. The number of aromatic nitrogens is 2. The summed E-state index contributed by atoms with van der Waals surface area (Å²) in [6.07, 6.45) is 0. The van der Waals surface area contributed by atoms with Crippen molar-refractivity contribution < 1.29 is 9.90 Å². The fourth-order valence-corrected chi connectivity index (χ4v) is 1.29. The molecule has 0 fully saturated rings. The maximum absolute atomic E-state index is 11.8. The number of carbonyl (C=O) groups excluding carboxylic acids is 1. The highest BCUT2D eigenvalue weighted by atomic mass is 16.3. The van der Waals surface area contributed by atoms with Crippen molar-refractivity contribution >= 4 is 5.91 Å². The predicted molar refractivity (Wildman–Crippen MR) is 61.1 cm³/mol. The number of rotatable bonds is 4. The van der Waals surface area contributed by atoms with Crippen molar-refractivity contribution in [1.29, 1.82) is 0 Å². The Morgan fingerprint density at radius 3 is 2.69 bits per heavy atom. The van der Waals surface area contributed by atoms with E-state index in [4.69, 9.17) is 5.11 Å². The lowest BCUT2D eigenvalue weighted by atomic mass is 9.95. The fraction of sp³-hybridized carbons (Fsp3) is 0.636. The maximum Gasteiger partial charge on any atom is 0.269 e. The van der Waals surface area contributed by atoms with Gasteiger partial charge >= 0.3 is 0 Å². The first-order chi connectivity index (χ1) is 7.35. The van der Waals surface area contributed by atoms with E-state index < -0.39 is 0 Å². The van der Waals surface area contributed by atoms with Crippen LogP contribution in [0.2, 0.25) is 0 Å². The number of hydrogen-bond donors (Lipinski definition) is 2. The van der Waals surface area contributed by atoms with Crippen LogP contribution < -0.4 is 5.32 Å². The monoisotopic (exact) mass is 225 g/mol. The lowest BCUT2D eigenvalue weighted by molar-refractivity contribution is 0.0902. The van der Waals surface area contributed by atoms with Crippen LogP contribution in [0.25, 0.3) is 0 Å². The van der Waals surface area contributed by atoms with Gasteiger partial charge in [0.25, 0.3) is 5.91 Å². The Labute approximate surface area is 95.5 Å². The van der Waals surface area contributed by atoms with Crippen molar-refractivity contribution in [2.45, 2.75) is 20.8 Å². The van der Waals surface area contributed by atoms with Gasteiger partial charge in [0, 0.05) is 25.6 Å². The SMILES string of the molecule is Cc1cc(C(=O)NCC(C)(C)CO)n(C)n1. The molecule has 16 heavy (non-hydrogen) atoms. The van der Waals surface area contributed by atoms with Gasteiger partial charge in [0.05, 0.1) is 5.69 Å². The molecule has 1 rings (SSSR count). The number of nitrogens with one attached hydrogen (secondary N) is 1. The molecule has 0 aliphatic carbocycles. The first kappa shape index (κ1) is 12.7. The van der Waals surface area contributed by atoms with Crippen molar-refractivity contribution in [3.8, 4) is 0 Å². The molecular formula is C11H19N3O2. The van der Waals surface area contributed by atoms with Gasteiger partial charge in [-0.05, 0) is 13.0 Å². The Kier molecular flexibility index (Phi) is 3.70. The lowest BCUT2D eigenvalue weighted by Crippen LogP contribution is -2.36. The van der Waals surface area contributed by atoms with Gasteiger partial charge in [-0.25, -0.2) is 0 Å². The summed E-state index contributed by atoms with van der Waals surface area (Å²) in [5.74, 6) is -0.162. The van der Waals surface area contributed by atoms with Crippen LogP contribution in [0.5, 0.6) is 0 Å². The second-order valence-electron chi connectivity index (χ2n) is 4.80. The van der Waals surface area contributed by atoms with E-state index in [1.165, 1.54) is 0 Å². The Morgan fingerprint density at radius 1 is 1.62 bits per heavy atom. The van der Waals surface area contributed by atoms with Crippen LogP contribution in [0.3, 0.4) is 0 Å². The van der Waals surface area contributed by atoms with Gasteiger partial charge < -0.3 is 10.4 Å². The van der Waals surface area contributed by atoms with E-state index in [0.717, 1.165) is 5.69 Å². The Balaban J connectivity index is 2.63. The average molecular weight is 225 g/mol. The van der Waals surface area contributed by atoms with E-state index in [1.54, 1.807) is 17.8 Å². The van der Waals surface area contributed by atoms with Crippen LogP contribution in [0.4, 0.5) is 0 Å². The molecule has 0 aromatic carbocycles. The molecule has 0 saturated carbocycles. The summed E-state index contributed by atoms with van der Waals surface area (Å²) < 4.78 is 1.55. The van der Waals surface area contributed by atoms with Gasteiger partial charge in [0.2, 0.25) is 0 Å². The number of aryl methyl sites for hydroxylation is 2. The van der Waals surface area contributed by atoms with Crippen molar-refractivity contribution in [3.05, 3.63) is 17.5 Å². The third-order valence-electron chi connectivity index (χ3n) is 2.39. The topological polar surface area (TPSA) is 67.2 Å². The van der Waals surface area contributed by atoms with E-state index in [-0.39, 0.29) is 17.9 Å². The van der Waals surface area contributed by atoms with E-state index in [9.17, 15) is 4.79 Å². The second kappa shape index (κ2) is 4.65. The molecule has 1 amide bonds. The highest BCUT2D eigenvalue weighted by molar-refractivity contribution is 5.92. The number of amides is 1. The van der Waals surface area contributed by atoms with Gasteiger partial charge in [-0.15, -0.1) is 0 Å². The summed E-state index contributed by atoms with van der Waals surface area (Å²) in [6.45, 7) is 6.10. The molecule has 0 unspecified atom stereocenters. The molecule has 0 aliphatic heterocycles. The van der Waals surface area contributed by atoms with Gasteiger partial charge in [0.15, 0.2) is 0 Å². The standard InChI is InChI=1S/C11H19N3O2/c1-8-5-9(14(4)13-8)10(16)12-6-11(2,3)7-15/h5,15H,6-7H2,1-4H3,(H,12,16). The third kappa shape index (κ3) is 3.06. The zero-order chi connectivity index (χ0) is 12.3. The molecule has 5 heteroatoms. The molecule has 0 saturated heterocycles.